The van der Waals surface area contributed by atoms with Crippen LogP contribution in [-0.4, -0.2) is 31.1 Å². The third-order valence-electron chi connectivity index (χ3n) is 2.26. The number of hydrogen-bond donors (Lipinski definition) is 2. The molecule has 3 N–H and O–H groups in total. The van der Waals surface area contributed by atoms with Crippen LogP contribution in [0.5, 0.6) is 0 Å². The van der Waals surface area contributed by atoms with Crippen LogP contribution >= 0.6 is 11.3 Å². The lowest BCUT2D eigenvalue weighted by atomic mass is 10.3. The smallest absolute Gasteiger partial charge is 0.317 e. The molecule has 0 spiro atoms. The van der Waals surface area contributed by atoms with Gasteiger partial charge in [-0.05, 0) is 23.4 Å². The van der Waals surface area contributed by atoms with E-state index in [1.165, 1.54) is 0 Å². The zero-order chi connectivity index (χ0) is 13.4. The van der Waals surface area contributed by atoms with Gasteiger partial charge in [0.05, 0.1) is 11.4 Å². The first-order valence-corrected chi connectivity index (χ1v) is 6.80. The summed E-state index contributed by atoms with van der Waals surface area (Å²) in [7, 11) is 1.79. The minimum Gasteiger partial charge on any atom is -0.338 e. The Morgan fingerprint density at radius 2 is 2.39 bits per heavy atom. The second-order valence-electron chi connectivity index (χ2n) is 3.91. The molecule has 2 amide bonds. The van der Waals surface area contributed by atoms with Gasteiger partial charge in [-0.2, -0.15) is 0 Å². The van der Waals surface area contributed by atoms with E-state index >= 15 is 0 Å². The number of carbonyl (C=O) groups is 1. The molecule has 1 aromatic heterocycles. The molecule has 0 atom stereocenters. The summed E-state index contributed by atoms with van der Waals surface area (Å²) in [4.78, 5) is 14.3. The van der Waals surface area contributed by atoms with Crippen LogP contribution in [0.3, 0.4) is 0 Å². The molecule has 0 saturated carbocycles. The average molecular weight is 265 g/mol. The fourth-order valence-electron chi connectivity index (χ4n) is 1.37. The molecule has 0 fully saturated rings. The van der Waals surface area contributed by atoms with E-state index in [4.69, 9.17) is 5.73 Å². The van der Waals surface area contributed by atoms with E-state index in [0.29, 0.717) is 19.6 Å². The van der Waals surface area contributed by atoms with Crippen molar-refractivity contribution in [2.45, 2.75) is 19.9 Å². The predicted octanol–water partition coefficient (Wildman–Crippen LogP) is 1.61. The van der Waals surface area contributed by atoms with Crippen LogP contribution in [0.25, 0.3) is 0 Å². The Kier molecular flexibility index (Phi) is 6.26. The standard InChI is InChI=1S/C13H19N3OS/c1-3-7-15-13(17)16(2)9-11-8-12(18-10-11)5-4-6-14/h8,10H,3,6-7,9,14H2,1-2H3,(H,15,17). The molecule has 0 bridgehead atoms. The highest BCUT2D eigenvalue weighted by Gasteiger charge is 2.08. The molecule has 0 aromatic carbocycles. The van der Waals surface area contributed by atoms with Gasteiger partial charge in [-0.1, -0.05) is 18.8 Å². The van der Waals surface area contributed by atoms with Crippen LogP contribution in [0.1, 0.15) is 23.8 Å². The molecule has 0 unspecified atom stereocenters. The van der Waals surface area contributed by atoms with Gasteiger partial charge >= 0.3 is 6.03 Å². The van der Waals surface area contributed by atoms with E-state index in [0.717, 1.165) is 16.9 Å². The third-order valence-corrected chi connectivity index (χ3v) is 3.15. The lowest BCUT2D eigenvalue weighted by Crippen LogP contribution is -2.36. The van der Waals surface area contributed by atoms with E-state index in [9.17, 15) is 4.79 Å². The SMILES string of the molecule is CCCNC(=O)N(C)Cc1csc(C#CCN)c1. The highest BCUT2D eigenvalue weighted by molar-refractivity contribution is 7.10. The Bertz CT molecular complexity index is 445. The first-order valence-electron chi connectivity index (χ1n) is 5.92. The topological polar surface area (TPSA) is 58.4 Å². The molecule has 1 rings (SSSR count). The molecule has 1 heterocycles. The van der Waals surface area contributed by atoms with Crippen LogP contribution in [0.4, 0.5) is 4.79 Å². The zero-order valence-electron chi connectivity index (χ0n) is 10.8. The molecular weight excluding hydrogens is 246 g/mol. The van der Waals surface area contributed by atoms with Gasteiger partial charge in [0.1, 0.15) is 0 Å². The van der Waals surface area contributed by atoms with Gasteiger partial charge in [0.25, 0.3) is 0 Å². The summed E-state index contributed by atoms with van der Waals surface area (Å²) in [6.45, 7) is 3.70. The van der Waals surface area contributed by atoms with Crippen molar-refractivity contribution in [1.29, 1.82) is 0 Å². The molecule has 0 aliphatic rings. The van der Waals surface area contributed by atoms with Crippen molar-refractivity contribution in [3.05, 3.63) is 21.9 Å². The van der Waals surface area contributed by atoms with Gasteiger partial charge in [0.15, 0.2) is 0 Å². The van der Waals surface area contributed by atoms with Crippen LogP contribution in [0.2, 0.25) is 0 Å². The summed E-state index contributed by atoms with van der Waals surface area (Å²) in [6, 6.07) is 1.95. The lowest BCUT2D eigenvalue weighted by Gasteiger charge is -2.16. The monoisotopic (exact) mass is 265 g/mol. The maximum absolute atomic E-state index is 11.7. The summed E-state index contributed by atoms with van der Waals surface area (Å²) in [5.41, 5.74) is 6.41. The van der Waals surface area contributed by atoms with E-state index in [1.54, 1.807) is 23.3 Å². The van der Waals surface area contributed by atoms with Crippen LogP contribution in [0, 0.1) is 11.8 Å². The number of nitrogens with zero attached hydrogens (tertiary/aromatic N) is 1. The number of urea groups is 1. The molecule has 0 saturated heterocycles. The maximum Gasteiger partial charge on any atom is 0.317 e. The number of amides is 2. The van der Waals surface area contributed by atoms with Crippen LogP contribution in [0.15, 0.2) is 11.4 Å². The first-order chi connectivity index (χ1) is 8.67. The van der Waals surface area contributed by atoms with Gasteiger partial charge in [-0.3, -0.25) is 0 Å². The fraction of sp³-hybridized carbons (Fsp3) is 0.462. The number of nitrogens with one attached hydrogen (secondary N) is 1. The third kappa shape index (κ3) is 4.78. The van der Waals surface area contributed by atoms with Gasteiger partial charge in [0, 0.05) is 20.1 Å². The van der Waals surface area contributed by atoms with Crippen molar-refractivity contribution >= 4 is 17.4 Å². The highest BCUT2D eigenvalue weighted by atomic mass is 32.1. The Hall–Kier alpha value is -1.51. The highest BCUT2D eigenvalue weighted by Crippen LogP contribution is 2.14. The second kappa shape index (κ2) is 7.75. The molecule has 0 aliphatic heterocycles. The summed E-state index contributed by atoms with van der Waals surface area (Å²) in [6.07, 6.45) is 0.941. The number of rotatable bonds is 4. The minimum atomic E-state index is -0.0438. The number of nitrogens with two attached hydrogens (primary N) is 1. The molecule has 0 radical (unpaired) electrons. The number of carbonyl (C=O) groups excluding carboxylic acids is 1. The van der Waals surface area contributed by atoms with Gasteiger partial charge < -0.3 is 16.0 Å². The fourth-order valence-corrected chi connectivity index (χ4v) is 2.15. The van der Waals surface area contributed by atoms with Gasteiger partial charge in [-0.25, -0.2) is 4.79 Å². The summed E-state index contributed by atoms with van der Waals surface area (Å²) < 4.78 is 0. The summed E-state index contributed by atoms with van der Waals surface area (Å²) in [5.74, 6) is 5.80. The van der Waals surface area contributed by atoms with Crippen molar-refractivity contribution in [2.24, 2.45) is 5.73 Å². The summed E-state index contributed by atoms with van der Waals surface area (Å²) >= 11 is 1.57. The molecule has 4 nitrogen and oxygen atoms in total. The first kappa shape index (κ1) is 14.6. The normalized spacial score (nSPS) is 9.50. The Labute approximate surface area is 112 Å². The van der Waals surface area contributed by atoms with Crippen molar-refractivity contribution in [3.8, 4) is 11.8 Å². The second-order valence-corrected chi connectivity index (χ2v) is 4.82. The number of hydrogen-bond acceptors (Lipinski definition) is 3. The van der Waals surface area contributed by atoms with Crippen molar-refractivity contribution in [1.82, 2.24) is 10.2 Å². The van der Waals surface area contributed by atoms with E-state index in [1.807, 2.05) is 18.4 Å². The summed E-state index contributed by atoms with van der Waals surface area (Å²) in [5, 5.41) is 4.86. The van der Waals surface area contributed by atoms with Gasteiger partial charge in [0.2, 0.25) is 0 Å². The largest absolute Gasteiger partial charge is 0.338 e. The van der Waals surface area contributed by atoms with E-state index in [-0.39, 0.29) is 6.03 Å². The predicted molar refractivity (Wildman–Crippen MR) is 75.4 cm³/mol. The van der Waals surface area contributed by atoms with Crippen molar-refractivity contribution in [3.63, 3.8) is 0 Å². The van der Waals surface area contributed by atoms with E-state index in [2.05, 4.69) is 17.2 Å². The molecular formula is C13H19N3OS. The Balaban J connectivity index is 2.51. The molecule has 0 aliphatic carbocycles. The molecule has 5 heteroatoms. The quantitative estimate of drug-likeness (QED) is 0.813. The number of thiophene rings is 1. The van der Waals surface area contributed by atoms with Crippen molar-refractivity contribution < 1.29 is 4.79 Å². The van der Waals surface area contributed by atoms with Gasteiger partial charge in [-0.15, -0.1) is 11.3 Å². The van der Waals surface area contributed by atoms with Crippen LogP contribution < -0.4 is 11.1 Å². The zero-order valence-corrected chi connectivity index (χ0v) is 11.6. The Morgan fingerprint density at radius 3 is 3.06 bits per heavy atom. The van der Waals surface area contributed by atoms with E-state index < -0.39 is 0 Å². The van der Waals surface area contributed by atoms with Crippen molar-refractivity contribution in [2.75, 3.05) is 20.1 Å². The maximum atomic E-state index is 11.7. The molecule has 98 valence electrons. The van der Waals surface area contributed by atoms with Crippen LogP contribution in [-0.2, 0) is 6.54 Å². The molecule has 1 aromatic rings. The average Bonchev–Trinajstić information content (AvgIpc) is 2.80. The lowest BCUT2D eigenvalue weighted by molar-refractivity contribution is 0.207. The Morgan fingerprint density at radius 1 is 1.61 bits per heavy atom. The molecule has 18 heavy (non-hydrogen) atoms. The minimum absolute atomic E-state index is 0.0438.